The first-order valence-electron chi connectivity index (χ1n) is 4.90. The van der Waals surface area contributed by atoms with E-state index in [0.29, 0.717) is 11.4 Å². The third kappa shape index (κ3) is 2.87. The molecule has 88 valence electrons. The van der Waals surface area contributed by atoms with Crippen LogP contribution in [-0.2, 0) is 9.53 Å². The predicted molar refractivity (Wildman–Crippen MR) is 61.5 cm³/mol. The minimum Gasteiger partial charge on any atom is -0.495 e. The minimum absolute atomic E-state index is 0.157. The molecule has 0 saturated heterocycles. The van der Waals surface area contributed by atoms with E-state index in [0.717, 1.165) is 0 Å². The number of para-hydroxylation sites is 2. The van der Waals surface area contributed by atoms with Gasteiger partial charge < -0.3 is 20.5 Å². The molecule has 0 saturated carbocycles. The first-order chi connectivity index (χ1) is 7.72. The zero-order valence-electron chi connectivity index (χ0n) is 9.40. The average Bonchev–Trinajstić information content (AvgIpc) is 2.35. The number of methoxy groups -OCH3 is 2. The number of carbonyl (C=O) groups excluding carboxylic acids is 1. The van der Waals surface area contributed by atoms with Gasteiger partial charge in [-0.25, -0.2) is 4.79 Å². The summed E-state index contributed by atoms with van der Waals surface area (Å²) in [4.78, 5) is 11.3. The number of nitrogens with one attached hydrogen (secondary N) is 1. The highest BCUT2D eigenvalue weighted by atomic mass is 16.5. The molecule has 1 rings (SSSR count). The van der Waals surface area contributed by atoms with Crippen LogP contribution in [0.3, 0.4) is 0 Å². The van der Waals surface area contributed by atoms with Gasteiger partial charge in [-0.05, 0) is 12.1 Å². The Hall–Kier alpha value is -1.75. The summed E-state index contributed by atoms with van der Waals surface area (Å²) in [6.45, 7) is 0.157. The Morgan fingerprint density at radius 3 is 2.69 bits per heavy atom. The van der Waals surface area contributed by atoms with E-state index >= 15 is 0 Å². The summed E-state index contributed by atoms with van der Waals surface area (Å²) in [7, 11) is 2.89. The molecular formula is C11H16N2O3. The van der Waals surface area contributed by atoms with Gasteiger partial charge in [0, 0.05) is 6.54 Å². The lowest BCUT2D eigenvalue weighted by atomic mass is 10.2. The highest BCUT2D eigenvalue weighted by molar-refractivity contribution is 5.80. The predicted octanol–water partition coefficient (Wildman–Crippen LogP) is 0.607. The molecule has 0 heterocycles. The Kier molecular flexibility index (Phi) is 4.60. The number of nitrogens with two attached hydrogens (primary N) is 1. The van der Waals surface area contributed by atoms with Gasteiger partial charge in [0.1, 0.15) is 11.8 Å². The molecular weight excluding hydrogens is 208 g/mol. The fraction of sp³-hybridized carbons (Fsp3) is 0.364. The molecule has 0 spiro atoms. The van der Waals surface area contributed by atoms with E-state index in [1.54, 1.807) is 13.2 Å². The monoisotopic (exact) mass is 224 g/mol. The minimum atomic E-state index is -0.568. The molecule has 5 nitrogen and oxygen atoms in total. The topological polar surface area (TPSA) is 73.6 Å². The van der Waals surface area contributed by atoms with Gasteiger partial charge >= 0.3 is 5.97 Å². The summed E-state index contributed by atoms with van der Waals surface area (Å²) >= 11 is 0. The van der Waals surface area contributed by atoms with E-state index in [1.807, 2.05) is 18.2 Å². The summed E-state index contributed by atoms with van der Waals surface area (Å²) in [5.74, 6) is 0.262. The van der Waals surface area contributed by atoms with Crippen molar-refractivity contribution in [3.63, 3.8) is 0 Å². The first kappa shape index (κ1) is 12.3. The van der Waals surface area contributed by atoms with Crippen molar-refractivity contribution in [3.8, 4) is 5.75 Å². The van der Waals surface area contributed by atoms with Crippen molar-refractivity contribution in [2.45, 2.75) is 6.04 Å². The van der Waals surface area contributed by atoms with Crippen molar-refractivity contribution in [1.29, 1.82) is 0 Å². The Bertz CT molecular complexity index is 355. The normalized spacial score (nSPS) is 11.7. The van der Waals surface area contributed by atoms with Gasteiger partial charge in [-0.2, -0.15) is 0 Å². The molecule has 5 heteroatoms. The van der Waals surface area contributed by atoms with Gasteiger partial charge in [-0.15, -0.1) is 0 Å². The molecule has 0 aromatic heterocycles. The fourth-order valence-electron chi connectivity index (χ4n) is 1.31. The molecule has 1 unspecified atom stereocenters. The molecule has 0 aliphatic rings. The third-order valence-corrected chi connectivity index (χ3v) is 2.16. The van der Waals surface area contributed by atoms with E-state index in [4.69, 9.17) is 10.5 Å². The van der Waals surface area contributed by atoms with Crippen LogP contribution in [0, 0.1) is 0 Å². The zero-order valence-corrected chi connectivity index (χ0v) is 9.40. The number of hydrogen-bond acceptors (Lipinski definition) is 5. The number of ether oxygens (including phenoxy) is 2. The lowest BCUT2D eigenvalue weighted by Gasteiger charge is -2.17. The van der Waals surface area contributed by atoms with Crippen LogP contribution < -0.4 is 15.8 Å². The molecule has 0 radical (unpaired) electrons. The highest BCUT2D eigenvalue weighted by Crippen LogP contribution is 2.23. The van der Waals surface area contributed by atoms with E-state index < -0.39 is 12.0 Å². The van der Waals surface area contributed by atoms with E-state index in [-0.39, 0.29) is 6.54 Å². The van der Waals surface area contributed by atoms with Crippen LogP contribution in [0.1, 0.15) is 0 Å². The second kappa shape index (κ2) is 5.97. The van der Waals surface area contributed by atoms with Crippen molar-refractivity contribution >= 4 is 11.7 Å². The number of hydrogen-bond donors (Lipinski definition) is 2. The van der Waals surface area contributed by atoms with Crippen molar-refractivity contribution in [3.05, 3.63) is 24.3 Å². The van der Waals surface area contributed by atoms with Crippen LogP contribution in [0.25, 0.3) is 0 Å². The maximum Gasteiger partial charge on any atom is 0.329 e. The Morgan fingerprint density at radius 2 is 2.12 bits per heavy atom. The molecule has 1 atom stereocenters. The molecule has 1 aromatic rings. The Morgan fingerprint density at radius 1 is 1.44 bits per heavy atom. The van der Waals surface area contributed by atoms with Gasteiger partial charge in [0.05, 0.1) is 19.9 Å². The van der Waals surface area contributed by atoms with Crippen LogP contribution in [0.5, 0.6) is 5.75 Å². The molecule has 0 fully saturated rings. The number of esters is 1. The van der Waals surface area contributed by atoms with Crippen molar-refractivity contribution < 1.29 is 14.3 Å². The fourth-order valence-corrected chi connectivity index (χ4v) is 1.31. The summed E-state index contributed by atoms with van der Waals surface area (Å²) < 4.78 is 9.78. The lowest BCUT2D eigenvalue weighted by Crippen LogP contribution is -2.37. The number of benzene rings is 1. The number of rotatable bonds is 5. The molecule has 3 N–H and O–H groups in total. The smallest absolute Gasteiger partial charge is 0.329 e. The quantitative estimate of drug-likeness (QED) is 0.717. The number of anilines is 1. The molecule has 0 bridgehead atoms. The maximum absolute atomic E-state index is 11.3. The van der Waals surface area contributed by atoms with Gasteiger partial charge in [0.15, 0.2) is 0 Å². The van der Waals surface area contributed by atoms with Crippen LogP contribution in [-0.4, -0.2) is 32.8 Å². The van der Waals surface area contributed by atoms with Crippen molar-refractivity contribution in [2.24, 2.45) is 5.73 Å². The molecule has 16 heavy (non-hydrogen) atoms. The van der Waals surface area contributed by atoms with Gasteiger partial charge in [0.25, 0.3) is 0 Å². The third-order valence-electron chi connectivity index (χ3n) is 2.16. The lowest BCUT2D eigenvalue weighted by molar-refractivity contribution is -0.141. The van der Waals surface area contributed by atoms with Crippen molar-refractivity contribution in [1.82, 2.24) is 0 Å². The first-order valence-corrected chi connectivity index (χ1v) is 4.90. The van der Waals surface area contributed by atoms with Crippen molar-refractivity contribution in [2.75, 3.05) is 26.1 Å². The van der Waals surface area contributed by atoms with Crippen LogP contribution >= 0.6 is 0 Å². The van der Waals surface area contributed by atoms with Crippen LogP contribution in [0.2, 0.25) is 0 Å². The molecule has 0 aliphatic heterocycles. The second-order valence-corrected chi connectivity index (χ2v) is 3.16. The molecule has 0 amide bonds. The Balaban J connectivity index is 2.81. The second-order valence-electron chi connectivity index (χ2n) is 3.16. The SMILES string of the molecule is COC(=O)C(CN)Nc1ccccc1OC. The van der Waals surface area contributed by atoms with Crippen LogP contribution in [0.4, 0.5) is 5.69 Å². The summed E-state index contributed by atoms with van der Waals surface area (Å²) in [6, 6.07) is 6.73. The van der Waals surface area contributed by atoms with E-state index in [9.17, 15) is 4.79 Å². The maximum atomic E-state index is 11.3. The van der Waals surface area contributed by atoms with Gasteiger partial charge in [0.2, 0.25) is 0 Å². The summed E-state index contributed by atoms with van der Waals surface area (Å²) in [5.41, 5.74) is 6.20. The van der Waals surface area contributed by atoms with E-state index in [2.05, 4.69) is 10.1 Å². The van der Waals surface area contributed by atoms with Gasteiger partial charge in [-0.3, -0.25) is 0 Å². The Labute approximate surface area is 94.5 Å². The number of carbonyl (C=O) groups is 1. The zero-order chi connectivity index (χ0) is 12.0. The van der Waals surface area contributed by atoms with Crippen LogP contribution in [0.15, 0.2) is 24.3 Å². The van der Waals surface area contributed by atoms with Gasteiger partial charge in [-0.1, -0.05) is 12.1 Å². The highest BCUT2D eigenvalue weighted by Gasteiger charge is 2.18. The molecule has 0 aliphatic carbocycles. The molecule has 1 aromatic carbocycles. The summed E-state index contributed by atoms with van der Waals surface area (Å²) in [5, 5.41) is 2.97. The largest absolute Gasteiger partial charge is 0.495 e. The summed E-state index contributed by atoms with van der Waals surface area (Å²) in [6.07, 6.45) is 0. The average molecular weight is 224 g/mol. The standard InChI is InChI=1S/C11H16N2O3/c1-15-10-6-4-3-5-8(10)13-9(7-12)11(14)16-2/h3-6,9,13H,7,12H2,1-2H3. The van der Waals surface area contributed by atoms with E-state index in [1.165, 1.54) is 7.11 Å².